The van der Waals surface area contributed by atoms with Crippen molar-refractivity contribution in [2.24, 2.45) is 5.10 Å². The predicted octanol–water partition coefficient (Wildman–Crippen LogP) is 3.32. The molecule has 0 bridgehead atoms. The number of benzene rings is 1. The number of carboxylic acid groups (broad SMARTS) is 1. The van der Waals surface area contributed by atoms with Crippen molar-refractivity contribution in [3.63, 3.8) is 0 Å². The molecule has 6 heteroatoms. The molecule has 0 fully saturated rings. The molecule has 0 atom stereocenters. The standard InChI is InChI=1S/C15H19BrN2O3/c16-13-8-6-5-7-12(13)11-17-18-14(19)9-3-1-2-4-10-15(20)21/h5-8,11H,1-4,9-10H2,(H,18,19)(H,20,21)/b17-11+. The van der Waals surface area contributed by atoms with E-state index in [0.717, 1.165) is 29.3 Å². The van der Waals surface area contributed by atoms with Gasteiger partial charge in [0.15, 0.2) is 0 Å². The van der Waals surface area contributed by atoms with E-state index in [2.05, 4.69) is 26.5 Å². The van der Waals surface area contributed by atoms with Gasteiger partial charge in [-0.25, -0.2) is 5.43 Å². The van der Waals surface area contributed by atoms with Crippen molar-refractivity contribution in [1.29, 1.82) is 0 Å². The minimum Gasteiger partial charge on any atom is -0.481 e. The third kappa shape index (κ3) is 8.24. The molecular weight excluding hydrogens is 336 g/mol. The molecule has 1 rings (SSSR count). The Morgan fingerprint density at radius 1 is 1.14 bits per heavy atom. The molecule has 0 saturated heterocycles. The Labute approximate surface area is 132 Å². The quantitative estimate of drug-likeness (QED) is 0.405. The van der Waals surface area contributed by atoms with Gasteiger partial charge in [-0.1, -0.05) is 47.0 Å². The molecule has 0 unspecified atom stereocenters. The molecule has 0 aliphatic carbocycles. The summed E-state index contributed by atoms with van der Waals surface area (Å²) in [5.74, 6) is -0.898. The smallest absolute Gasteiger partial charge is 0.303 e. The highest BCUT2D eigenvalue weighted by atomic mass is 79.9. The van der Waals surface area contributed by atoms with E-state index in [4.69, 9.17) is 5.11 Å². The second-order valence-corrected chi connectivity index (χ2v) is 5.48. The molecule has 0 aliphatic rings. The highest BCUT2D eigenvalue weighted by molar-refractivity contribution is 9.10. The number of aliphatic carboxylic acids is 1. The van der Waals surface area contributed by atoms with Crippen LogP contribution in [0.5, 0.6) is 0 Å². The molecule has 5 nitrogen and oxygen atoms in total. The minimum atomic E-state index is -0.769. The minimum absolute atomic E-state index is 0.128. The molecule has 0 saturated carbocycles. The average molecular weight is 355 g/mol. The highest BCUT2D eigenvalue weighted by Gasteiger charge is 2.01. The molecule has 0 aliphatic heterocycles. The summed E-state index contributed by atoms with van der Waals surface area (Å²) in [4.78, 5) is 21.8. The summed E-state index contributed by atoms with van der Waals surface area (Å²) in [5, 5.41) is 12.4. The highest BCUT2D eigenvalue weighted by Crippen LogP contribution is 2.13. The van der Waals surface area contributed by atoms with E-state index in [1.54, 1.807) is 6.21 Å². The van der Waals surface area contributed by atoms with E-state index in [0.29, 0.717) is 12.8 Å². The number of carbonyl (C=O) groups excluding carboxylic acids is 1. The SMILES string of the molecule is O=C(O)CCCCCCC(=O)N/N=C/c1ccccc1Br. The van der Waals surface area contributed by atoms with Crippen LogP contribution in [0.1, 0.15) is 44.1 Å². The Morgan fingerprint density at radius 2 is 1.81 bits per heavy atom. The molecule has 2 N–H and O–H groups in total. The van der Waals surface area contributed by atoms with Crippen molar-refractivity contribution < 1.29 is 14.7 Å². The molecule has 0 aromatic heterocycles. The second-order valence-electron chi connectivity index (χ2n) is 4.62. The maximum atomic E-state index is 11.5. The lowest BCUT2D eigenvalue weighted by molar-refractivity contribution is -0.137. The van der Waals surface area contributed by atoms with Crippen LogP contribution >= 0.6 is 15.9 Å². The number of amides is 1. The van der Waals surface area contributed by atoms with Crippen LogP contribution in [0, 0.1) is 0 Å². The first-order valence-electron chi connectivity index (χ1n) is 6.88. The Kier molecular flexibility index (Phi) is 8.35. The summed E-state index contributed by atoms with van der Waals surface area (Å²) in [6, 6.07) is 7.60. The Morgan fingerprint density at radius 3 is 2.48 bits per heavy atom. The second kappa shape index (κ2) is 10.1. The van der Waals surface area contributed by atoms with Crippen molar-refractivity contribution in [3.05, 3.63) is 34.3 Å². The van der Waals surface area contributed by atoms with Crippen LogP contribution in [0.15, 0.2) is 33.8 Å². The van der Waals surface area contributed by atoms with Gasteiger partial charge in [-0.15, -0.1) is 0 Å². The van der Waals surface area contributed by atoms with E-state index in [9.17, 15) is 9.59 Å². The van der Waals surface area contributed by atoms with Gasteiger partial charge in [0.1, 0.15) is 0 Å². The van der Waals surface area contributed by atoms with Gasteiger partial charge >= 0.3 is 5.97 Å². The number of hydrogen-bond acceptors (Lipinski definition) is 3. The van der Waals surface area contributed by atoms with Crippen LogP contribution in [0.2, 0.25) is 0 Å². The topological polar surface area (TPSA) is 78.8 Å². The monoisotopic (exact) mass is 354 g/mol. The molecule has 21 heavy (non-hydrogen) atoms. The summed E-state index contributed by atoms with van der Waals surface area (Å²) in [6.07, 6.45) is 5.29. The van der Waals surface area contributed by atoms with E-state index in [-0.39, 0.29) is 12.3 Å². The summed E-state index contributed by atoms with van der Waals surface area (Å²) in [5.41, 5.74) is 3.38. The Bertz CT molecular complexity index is 503. The van der Waals surface area contributed by atoms with E-state index < -0.39 is 5.97 Å². The fourth-order valence-corrected chi connectivity index (χ4v) is 2.11. The van der Waals surface area contributed by atoms with Crippen LogP contribution in [0.4, 0.5) is 0 Å². The molecule has 1 aromatic carbocycles. The largest absolute Gasteiger partial charge is 0.481 e. The number of rotatable bonds is 9. The number of nitrogens with one attached hydrogen (secondary N) is 1. The zero-order chi connectivity index (χ0) is 15.5. The normalized spacial score (nSPS) is 10.7. The van der Waals surface area contributed by atoms with Crippen LogP contribution in [0.25, 0.3) is 0 Å². The molecule has 1 amide bonds. The van der Waals surface area contributed by atoms with Gasteiger partial charge in [-0.05, 0) is 18.9 Å². The van der Waals surface area contributed by atoms with Crippen molar-refractivity contribution in [2.45, 2.75) is 38.5 Å². The van der Waals surface area contributed by atoms with Gasteiger partial charge in [0, 0.05) is 22.9 Å². The zero-order valence-corrected chi connectivity index (χ0v) is 13.3. The van der Waals surface area contributed by atoms with Crippen molar-refractivity contribution in [2.75, 3.05) is 0 Å². The first-order chi connectivity index (χ1) is 10.1. The molecular formula is C15H19BrN2O3. The van der Waals surface area contributed by atoms with Crippen LogP contribution in [-0.2, 0) is 9.59 Å². The maximum Gasteiger partial charge on any atom is 0.303 e. The molecule has 0 spiro atoms. The van der Waals surface area contributed by atoms with Gasteiger partial charge in [-0.3, -0.25) is 9.59 Å². The fourth-order valence-electron chi connectivity index (χ4n) is 1.72. The Hall–Kier alpha value is -1.69. The third-order valence-corrected chi connectivity index (χ3v) is 3.56. The van der Waals surface area contributed by atoms with Crippen molar-refractivity contribution in [1.82, 2.24) is 5.43 Å². The number of halogens is 1. The molecule has 114 valence electrons. The number of hydrazone groups is 1. The average Bonchev–Trinajstić information content (AvgIpc) is 2.44. The number of unbranched alkanes of at least 4 members (excludes halogenated alkanes) is 3. The van der Waals surface area contributed by atoms with Gasteiger partial charge in [0.25, 0.3) is 0 Å². The molecule has 0 radical (unpaired) electrons. The van der Waals surface area contributed by atoms with Gasteiger partial charge in [0.2, 0.25) is 5.91 Å². The Balaban J connectivity index is 2.14. The third-order valence-electron chi connectivity index (χ3n) is 2.84. The van der Waals surface area contributed by atoms with Crippen LogP contribution < -0.4 is 5.43 Å². The van der Waals surface area contributed by atoms with Crippen LogP contribution in [0.3, 0.4) is 0 Å². The maximum absolute atomic E-state index is 11.5. The summed E-state index contributed by atoms with van der Waals surface area (Å²) < 4.78 is 0.918. The van der Waals surface area contributed by atoms with Gasteiger partial charge in [-0.2, -0.15) is 5.10 Å². The van der Waals surface area contributed by atoms with Gasteiger partial charge < -0.3 is 5.11 Å². The van der Waals surface area contributed by atoms with E-state index >= 15 is 0 Å². The number of carbonyl (C=O) groups is 2. The zero-order valence-electron chi connectivity index (χ0n) is 11.7. The molecule has 1 aromatic rings. The van der Waals surface area contributed by atoms with Gasteiger partial charge in [0.05, 0.1) is 6.21 Å². The fraction of sp³-hybridized carbons (Fsp3) is 0.400. The van der Waals surface area contributed by atoms with E-state index in [1.165, 1.54) is 0 Å². The lowest BCUT2D eigenvalue weighted by Crippen LogP contribution is -2.16. The molecule has 0 heterocycles. The lowest BCUT2D eigenvalue weighted by Gasteiger charge is -2.01. The first-order valence-corrected chi connectivity index (χ1v) is 7.67. The number of carboxylic acids is 1. The van der Waals surface area contributed by atoms with Crippen molar-refractivity contribution in [3.8, 4) is 0 Å². The van der Waals surface area contributed by atoms with E-state index in [1.807, 2.05) is 24.3 Å². The lowest BCUT2D eigenvalue weighted by atomic mass is 10.1. The van der Waals surface area contributed by atoms with Crippen molar-refractivity contribution >= 4 is 34.0 Å². The van der Waals surface area contributed by atoms with Crippen LogP contribution in [-0.4, -0.2) is 23.2 Å². The number of hydrogen-bond donors (Lipinski definition) is 2. The summed E-state index contributed by atoms with van der Waals surface area (Å²) in [7, 11) is 0. The first kappa shape index (κ1) is 17.4. The number of nitrogens with zero attached hydrogens (tertiary/aromatic N) is 1. The summed E-state index contributed by atoms with van der Waals surface area (Å²) >= 11 is 3.39. The summed E-state index contributed by atoms with van der Waals surface area (Å²) in [6.45, 7) is 0. The predicted molar refractivity (Wildman–Crippen MR) is 85.2 cm³/mol.